The molecule has 0 bridgehead atoms. The van der Waals surface area contributed by atoms with Gasteiger partial charge in [-0.1, -0.05) is 0 Å². The molecule has 0 amide bonds. The van der Waals surface area contributed by atoms with Crippen LogP contribution in [0.15, 0.2) is 0 Å². The van der Waals surface area contributed by atoms with Gasteiger partial charge in [-0.2, -0.15) is 0 Å². The summed E-state index contributed by atoms with van der Waals surface area (Å²) in [4.78, 5) is 0. The molecule has 0 unspecified atom stereocenters. The zero-order valence-corrected chi connectivity index (χ0v) is 8.26. The fraction of sp³-hybridized carbons (Fsp3) is 0. The summed E-state index contributed by atoms with van der Waals surface area (Å²) >= 11 is 0. The van der Waals surface area contributed by atoms with Crippen LogP contribution in [0.25, 0.3) is 0 Å². The first-order valence-electron chi connectivity index (χ1n) is 0.668. The molecule has 0 atom stereocenters. The quantitative estimate of drug-likeness (QED) is 0.571. The molecule has 2 N–H and O–H groups in total. The molecule has 0 aliphatic heterocycles. The molecule has 0 aromatic carbocycles. The third kappa shape index (κ3) is 60.4. The molecule has 0 saturated heterocycles. The van der Waals surface area contributed by atoms with Crippen LogP contribution in [0.2, 0.25) is 0 Å². The Balaban J connectivity index is -0.0000000417. The van der Waals surface area contributed by atoms with E-state index in [-0.39, 0.29) is 108 Å². The average Bonchev–Trinajstić information content (AvgIpc) is 0.650. The molecule has 55 valence electrons. The zero-order chi connectivity index (χ0) is 5.45. The van der Waals surface area contributed by atoms with Crippen molar-refractivity contribution in [1.82, 2.24) is 0 Å². The molecule has 0 aliphatic carbocycles. The second-order valence-electron chi connectivity index (χ2n) is 0.505. The Morgan fingerprint density at radius 1 is 0.667 bits per heavy atom. The van der Waals surface area contributed by atoms with Crippen LogP contribution >= 0.6 is 48.5 Å². The predicted octanol–water partition coefficient (Wildman–Crippen LogP) is 1.32. The van der Waals surface area contributed by atoms with Gasteiger partial charge >= 0.3 is 160 Å². The van der Waals surface area contributed by atoms with Gasteiger partial charge in [0.05, 0.1) is 0 Å². The van der Waals surface area contributed by atoms with E-state index in [0.29, 0.717) is 0 Å². The summed E-state index contributed by atoms with van der Waals surface area (Å²) < 4.78 is 0. The predicted molar refractivity (Wildman–Crippen MR) is 47.2 cm³/mol. The van der Waals surface area contributed by atoms with E-state index in [1.807, 2.05) is 0 Å². The van der Waals surface area contributed by atoms with Crippen molar-refractivity contribution in [2.75, 3.05) is 0 Å². The van der Waals surface area contributed by atoms with E-state index >= 15 is 0 Å². The van der Waals surface area contributed by atoms with Crippen LogP contribution in [0.4, 0.5) is 0 Å². The standard InChI is InChI=1S/5ClH.2K.H2O.Ru.2H/h5*1H;;;1H2;;;/q;;;;;;;;+5;;/p-5. The molecule has 0 saturated carbocycles. The van der Waals surface area contributed by atoms with Crippen molar-refractivity contribution in [3.05, 3.63) is 0 Å². The minimum atomic E-state index is -4.11. The van der Waals surface area contributed by atoms with Gasteiger partial charge in [0, 0.05) is 0 Å². The van der Waals surface area contributed by atoms with Crippen molar-refractivity contribution in [3.63, 3.8) is 0 Å². The summed E-state index contributed by atoms with van der Waals surface area (Å²) in [5.41, 5.74) is 0. The van der Waals surface area contributed by atoms with Gasteiger partial charge in [0.1, 0.15) is 0 Å². The van der Waals surface area contributed by atoms with E-state index in [0.717, 1.165) is 0 Å². The summed E-state index contributed by atoms with van der Waals surface area (Å²) in [7, 11) is 21.0. The molecule has 0 aliphatic rings. The SMILES string of the molecule is O.[Cl][Ru]([Cl])([Cl])([Cl])[Cl].[KH].[KH]. The van der Waals surface area contributed by atoms with Crippen LogP contribution < -0.4 is 0 Å². The van der Waals surface area contributed by atoms with Crippen LogP contribution in [-0.4, -0.2) is 108 Å². The molecular weight excluding hydrogens is 373 g/mol. The maximum absolute atomic E-state index is 5.02. The summed E-state index contributed by atoms with van der Waals surface area (Å²) in [6, 6.07) is 0. The van der Waals surface area contributed by atoms with Crippen molar-refractivity contribution in [2.24, 2.45) is 0 Å². The van der Waals surface area contributed by atoms with Crippen molar-refractivity contribution in [3.8, 4) is 0 Å². The fourth-order valence-corrected chi connectivity index (χ4v) is 0. The third-order valence-corrected chi connectivity index (χ3v) is 0. The van der Waals surface area contributed by atoms with E-state index < -0.39 is 8.65 Å². The van der Waals surface area contributed by atoms with E-state index in [4.69, 9.17) is 48.5 Å². The molecule has 0 aromatic rings. The minimum absolute atomic E-state index is 0. The van der Waals surface area contributed by atoms with E-state index in [2.05, 4.69) is 0 Å². The number of hydrogen-bond acceptors (Lipinski definition) is 0. The fourth-order valence-electron chi connectivity index (χ4n) is 0. The number of halogens is 5. The summed E-state index contributed by atoms with van der Waals surface area (Å²) in [6.45, 7) is 0. The van der Waals surface area contributed by atoms with Gasteiger partial charge in [0.2, 0.25) is 0 Å². The second-order valence-corrected chi connectivity index (χ2v) is 26.9. The Labute approximate surface area is 160 Å². The van der Waals surface area contributed by atoms with Gasteiger partial charge in [-0.25, -0.2) is 0 Å². The van der Waals surface area contributed by atoms with Gasteiger partial charge in [-0.15, -0.1) is 0 Å². The first-order chi connectivity index (χ1) is 2.24. The molecule has 1 nitrogen and oxygen atoms in total. The Hall–Kier alpha value is 5.31. The van der Waals surface area contributed by atoms with Crippen LogP contribution in [-0.2, 0) is 8.65 Å². The van der Waals surface area contributed by atoms with Crippen LogP contribution in [0.1, 0.15) is 0 Å². The molecular formula is H4Cl5K2ORu. The zero-order valence-electron chi connectivity index (χ0n) is 2.74. The Morgan fingerprint density at radius 2 is 0.667 bits per heavy atom. The topological polar surface area (TPSA) is 31.5 Å². The first kappa shape index (κ1) is 23.8. The molecule has 9 heavy (non-hydrogen) atoms. The second kappa shape index (κ2) is 8.60. The van der Waals surface area contributed by atoms with Crippen molar-refractivity contribution >= 4 is 151 Å². The number of rotatable bonds is 0. The van der Waals surface area contributed by atoms with Crippen LogP contribution in [0, 0.1) is 0 Å². The van der Waals surface area contributed by atoms with E-state index in [1.165, 1.54) is 0 Å². The summed E-state index contributed by atoms with van der Waals surface area (Å²) in [5.74, 6) is 0. The van der Waals surface area contributed by atoms with Gasteiger partial charge in [0.25, 0.3) is 0 Å². The first-order valence-corrected chi connectivity index (χ1v) is 11.9. The van der Waals surface area contributed by atoms with Crippen molar-refractivity contribution < 1.29 is 14.1 Å². The van der Waals surface area contributed by atoms with Crippen molar-refractivity contribution in [2.45, 2.75) is 0 Å². The Bertz CT molecular complexity index is 48.1. The Morgan fingerprint density at radius 3 is 0.667 bits per heavy atom. The van der Waals surface area contributed by atoms with Gasteiger partial charge < -0.3 is 5.48 Å². The van der Waals surface area contributed by atoms with E-state index in [1.54, 1.807) is 0 Å². The molecule has 0 aromatic heterocycles. The van der Waals surface area contributed by atoms with Crippen LogP contribution in [0.5, 0.6) is 0 Å². The van der Waals surface area contributed by atoms with Crippen LogP contribution in [0.3, 0.4) is 0 Å². The molecule has 0 radical (unpaired) electrons. The molecule has 9 heteroatoms. The Kier molecular flexibility index (Phi) is 22.8. The molecule has 0 fully saturated rings. The normalized spacial score (nSPS) is 12.8. The molecule has 0 rings (SSSR count). The van der Waals surface area contributed by atoms with Crippen molar-refractivity contribution in [1.29, 1.82) is 0 Å². The maximum atomic E-state index is 5.02. The number of hydrogen-bond donors (Lipinski definition) is 0. The molecule has 0 heterocycles. The monoisotopic (exact) mass is 375 g/mol. The van der Waals surface area contributed by atoms with Gasteiger partial charge in [-0.05, 0) is 0 Å². The van der Waals surface area contributed by atoms with Gasteiger partial charge in [-0.3, -0.25) is 0 Å². The van der Waals surface area contributed by atoms with Gasteiger partial charge in [0.15, 0.2) is 0 Å². The van der Waals surface area contributed by atoms with E-state index in [9.17, 15) is 0 Å². The summed E-state index contributed by atoms with van der Waals surface area (Å²) in [5, 5.41) is 0. The average molecular weight is 377 g/mol. The molecule has 0 spiro atoms. The third-order valence-electron chi connectivity index (χ3n) is 0. The summed E-state index contributed by atoms with van der Waals surface area (Å²) in [6.07, 6.45) is 0.